The Labute approximate surface area is 135 Å². The third-order valence-corrected chi connectivity index (χ3v) is 4.57. The minimum Gasteiger partial charge on any atom is -0.399 e. The summed E-state index contributed by atoms with van der Waals surface area (Å²) in [6, 6.07) is 14.7. The van der Waals surface area contributed by atoms with Gasteiger partial charge < -0.3 is 5.73 Å². The van der Waals surface area contributed by atoms with E-state index in [1.54, 1.807) is 0 Å². The Balaban J connectivity index is 1.65. The molecule has 116 valence electrons. The highest BCUT2D eigenvalue weighted by Crippen LogP contribution is 2.27. The second-order valence-electron chi connectivity index (χ2n) is 6.21. The minimum absolute atomic E-state index is 0.701. The fourth-order valence-electron chi connectivity index (χ4n) is 3.29. The van der Waals surface area contributed by atoms with Crippen LogP contribution in [0.5, 0.6) is 0 Å². The number of hydrogen-bond donors (Lipinski definition) is 1. The Morgan fingerprint density at radius 1 is 0.957 bits per heavy atom. The number of hydrogen-bond acceptors (Lipinski definition) is 3. The molecular formula is C19H20N4. The van der Waals surface area contributed by atoms with Crippen molar-refractivity contribution in [1.82, 2.24) is 15.0 Å². The summed E-state index contributed by atoms with van der Waals surface area (Å²) in [5, 5.41) is 8.37. The number of benzene rings is 2. The predicted octanol–water partition coefficient (Wildman–Crippen LogP) is 3.45. The Hall–Kier alpha value is -2.62. The van der Waals surface area contributed by atoms with E-state index < -0.39 is 0 Å². The lowest BCUT2D eigenvalue weighted by molar-refractivity contribution is 0.655. The molecule has 0 spiro atoms. The fourth-order valence-corrected chi connectivity index (χ4v) is 3.29. The van der Waals surface area contributed by atoms with Crippen molar-refractivity contribution in [2.45, 2.75) is 32.2 Å². The topological polar surface area (TPSA) is 56.7 Å². The zero-order valence-corrected chi connectivity index (χ0v) is 13.1. The molecule has 0 radical (unpaired) electrons. The number of anilines is 1. The second kappa shape index (κ2) is 5.88. The summed E-state index contributed by atoms with van der Waals surface area (Å²) in [7, 11) is 0. The lowest BCUT2D eigenvalue weighted by atomic mass is 9.90. The van der Waals surface area contributed by atoms with Gasteiger partial charge in [0.1, 0.15) is 0 Å². The first-order valence-electron chi connectivity index (χ1n) is 8.15. The van der Waals surface area contributed by atoms with E-state index in [4.69, 9.17) is 5.73 Å². The molecule has 4 nitrogen and oxygen atoms in total. The molecule has 4 heteroatoms. The van der Waals surface area contributed by atoms with Crippen LogP contribution >= 0.6 is 0 Å². The molecule has 0 saturated heterocycles. The van der Waals surface area contributed by atoms with Crippen molar-refractivity contribution < 1.29 is 0 Å². The molecule has 1 heterocycles. The molecule has 0 amide bonds. The van der Waals surface area contributed by atoms with Crippen molar-refractivity contribution in [3.05, 3.63) is 65.4 Å². The third-order valence-electron chi connectivity index (χ3n) is 4.57. The van der Waals surface area contributed by atoms with Gasteiger partial charge >= 0.3 is 0 Å². The van der Waals surface area contributed by atoms with E-state index in [1.165, 1.54) is 47.9 Å². The van der Waals surface area contributed by atoms with Crippen LogP contribution in [0.3, 0.4) is 0 Å². The van der Waals surface area contributed by atoms with Crippen LogP contribution in [0.2, 0.25) is 0 Å². The first-order chi connectivity index (χ1) is 11.3. The number of nitrogen functional groups attached to an aromatic ring is 1. The summed E-state index contributed by atoms with van der Waals surface area (Å²) in [5.41, 5.74) is 12.9. The van der Waals surface area contributed by atoms with Gasteiger partial charge in [0.15, 0.2) is 0 Å². The Bertz CT molecular complexity index is 818. The molecule has 2 N–H and O–H groups in total. The van der Waals surface area contributed by atoms with E-state index in [2.05, 4.69) is 28.5 Å². The highest BCUT2D eigenvalue weighted by atomic mass is 15.4. The molecule has 0 aliphatic heterocycles. The van der Waals surface area contributed by atoms with Gasteiger partial charge in [-0.05, 0) is 60.6 Å². The molecule has 4 rings (SSSR count). The molecule has 1 aromatic heterocycles. The van der Waals surface area contributed by atoms with Gasteiger partial charge in [-0.3, -0.25) is 0 Å². The lowest BCUT2D eigenvalue weighted by Gasteiger charge is -2.16. The van der Waals surface area contributed by atoms with Crippen molar-refractivity contribution in [3.8, 4) is 11.3 Å². The van der Waals surface area contributed by atoms with Crippen molar-refractivity contribution in [2.75, 3.05) is 5.73 Å². The maximum Gasteiger partial charge on any atom is 0.0889 e. The maximum atomic E-state index is 5.75. The number of rotatable bonds is 3. The molecule has 0 fully saturated rings. The number of nitrogens with zero attached hydrogens (tertiary/aromatic N) is 3. The van der Waals surface area contributed by atoms with Crippen molar-refractivity contribution in [1.29, 1.82) is 0 Å². The molecule has 0 saturated carbocycles. The third kappa shape index (κ3) is 2.84. The summed E-state index contributed by atoms with van der Waals surface area (Å²) in [4.78, 5) is 0. The van der Waals surface area contributed by atoms with Crippen LogP contribution in [-0.4, -0.2) is 15.0 Å². The smallest absolute Gasteiger partial charge is 0.0889 e. The molecule has 0 unspecified atom stereocenters. The molecule has 1 aliphatic rings. The highest BCUT2D eigenvalue weighted by molar-refractivity contribution is 5.61. The van der Waals surface area contributed by atoms with Gasteiger partial charge in [0.2, 0.25) is 0 Å². The minimum atomic E-state index is 0.701. The standard InChI is InChI=1S/C19H20N4/c20-18-9-5-14(6-10-18)13-23-19(12-21-22-23)17-8-7-15-3-1-2-4-16(15)11-17/h5-12H,1-4,13,20H2. The van der Waals surface area contributed by atoms with E-state index >= 15 is 0 Å². The second-order valence-corrected chi connectivity index (χ2v) is 6.21. The van der Waals surface area contributed by atoms with E-state index in [0.717, 1.165) is 11.4 Å². The van der Waals surface area contributed by atoms with Crippen molar-refractivity contribution in [3.63, 3.8) is 0 Å². The SMILES string of the molecule is Nc1ccc(Cn2nncc2-c2ccc3c(c2)CCCC3)cc1. The van der Waals surface area contributed by atoms with Gasteiger partial charge in [0.25, 0.3) is 0 Å². The van der Waals surface area contributed by atoms with Crippen LogP contribution < -0.4 is 5.73 Å². The molecule has 3 aromatic rings. The molecule has 0 bridgehead atoms. The van der Waals surface area contributed by atoms with Gasteiger partial charge in [-0.2, -0.15) is 0 Å². The predicted molar refractivity (Wildman–Crippen MR) is 92.1 cm³/mol. The van der Waals surface area contributed by atoms with E-state index in [-0.39, 0.29) is 0 Å². The van der Waals surface area contributed by atoms with Gasteiger partial charge in [-0.1, -0.05) is 29.5 Å². The Morgan fingerprint density at radius 3 is 2.57 bits per heavy atom. The fraction of sp³-hybridized carbons (Fsp3) is 0.263. The molecule has 1 aliphatic carbocycles. The lowest BCUT2D eigenvalue weighted by Crippen LogP contribution is -2.06. The normalized spacial score (nSPS) is 13.7. The van der Waals surface area contributed by atoms with Crippen LogP contribution in [0.4, 0.5) is 5.69 Å². The van der Waals surface area contributed by atoms with Crippen LogP contribution in [0.1, 0.15) is 29.5 Å². The summed E-state index contributed by atoms with van der Waals surface area (Å²) >= 11 is 0. The molecule has 2 aromatic carbocycles. The van der Waals surface area contributed by atoms with Crippen LogP contribution in [-0.2, 0) is 19.4 Å². The van der Waals surface area contributed by atoms with Gasteiger partial charge in [0.05, 0.1) is 18.4 Å². The number of nitrogens with two attached hydrogens (primary N) is 1. The first kappa shape index (κ1) is 14.0. The van der Waals surface area contributed by atoms with E-state index in [0.29, 0.717) is 6.54 Å². The summed E-state index contributed by atoms with van der Waals surface area (Å²) in [5.74, 6) is 0. The largest absolute Gasteiger partial charge is 0.399 e. The Kier molecular flexibility index (Phi) is 3.58. The maximum absolute atomic E-state index is 5.75. The van der Waals surface area contributed by atoms with E-state index in [9.17, 15) is 0 Å². The van der Waals surface area contributed by atoms with Crippen molar-refractivity contribution in [2.24, 2.45) is 0 Å². The average Bonchev–Trinajstić information content (AvgIpc) is 3.05. The summed E-state index contributed by atoms with van der Waals surface area (Å²) in [6.07, 6.45) is 6.84. The number of aromatic nitrogens is 3. The van der Waals surface area contributed by atoms with Gasteiger partial charge in [0, 0.05) is 11.3 Å². The summed E-state index contributed by atoms with van der Waals surface area (Å²) < 4.78 is 1.95. The average molecular weight is 304 g/mol. The quantitative estimate of drug-likeness (QED) is 0.754. The number of aryl methyl sites for hydroxylation is 2. The molecular weight excluding hydrogens is 284 g/mol. The monoisotopic (exact) mass is 304 g/mol. The van der Waals surface area contributed by atoms with Crippen LogP contribution in [0, 0.1) is 0 Å². The molecule has 23 heavy (non-hydrogen) atoms. The van der Waals surface area contributed by atoms with Crippen molar-refractivity contribution >= 4 is 5.69 Å². The van der Waals surface area contributed by atoms with Gasteiger partial charge in [-0.25, -0.2) is 4.68 Å². The molecule has 0 atom stereocenters. The zero-order valence-electron chi connectivity index (χ0n) is 13.1. The van der Waals surface area contributed by atoms with Crippen LogP contribution in [0.15, 0.2) is 48.7 Å². The van der Waals surface area contributed by atoms with Gasteiger partial charge in [-0.15, -0.1) is 5.10 Å². The summed E-state index contributed by atoms with van der Waals surface area (Å²) in [6.45, 7) is 0.701. The number of fused-ring (bicyclic) bond motifs is 1. The van der Waals surface area contributed by atoms with Crippen LogP contribution in [0.25, 0.3) is 11.3 Å². The van der Waals surface area contributed by atoms with E-state index in [1.807, 2.05) is 35.1 Å². The Morgan fingerprint density at radius 2 is 1.74 bits per heavy atom. The first-order valence-corrected chi connectivity index (χ1v) is 8.15. The zero-order chi connectivity index (χ0) is 15.6. The highest BCUT2D eigenvalue weighted by Gasteiger charge is 2.13.